The smallest absolute Gasteiger partial charge is 0.322 e. The number of rotatable bonds is 6. The molecule has 3 N–H and O–H groups in total. The molecule has 2 atom stereocenters. The Balaban J connectivity index is 2.33. The topological polar surface area (TPSA) is 117 Å². The molecule has 0 spiro atoms. The fourth-order valence-electron chi connectivity index (χ4n) is 1.87. The summed E-state index contributed by atoms with van der Waals surface area (Å²) < 4.78 is 10.4. The van der Waals surface area contributed by atoms with Gasteiger partial charge in [0.1, 0.15) is 18.8 Å². The summed E-state index contributed by atoms with van der Waals surface area (Å²) in [6, 6.07) is -0.419. The average molecular weight is 289 g/mol. The monoisotopic (exact) mass is 289 g/mol. The molecule has 20 heavy (non-hydrogen) atoms. The van der Waals surface area contributed by atoms with Crippen LogP contribution in [0.3, 0.4) is 0 Å². The zero-order valence-electron chi connectivity index (χ0n) is 11.4. The van der Waals surface area contributed by atoms with E-state index in [1.165, 1.54) is 19.1 Å². The molecule has 0 aromatic rings. The lowest BCUT2D eigenvalue weighted by Gasteiger charge is -2.16. The minimum absolute atomic E-state index is 0.202. The van der Waals surface area contributed by atoms with Gasteiger partial charge >= 0.3 is 12.0 Å². The number of likely N-dealkylation sites (tertiary alicyclic amines) is 1. The molecule has 1 heterocycles. The molecule has 3 amide bonds. The molecule has 9 heteroatoms. The molecule has 1 saturated heterocycles. The fourth-order valence-corrected chi connectivity index (χ4v) is 1.87. The van der Waals surface area contributed by atoms with Gasteiger partial charge < -0.3 is 30.1 Å². The van der Waals surface area contributed by atoms with Crippen LogP contribution in [0.4, 0.5) is 4.79 Å². The van der Waals surface area contributed by atoms with Crippen molar-refractivity contribution in [3.05, 3.63) is 0 Å². The van der Waals surface area contributed by atoms with Crippen molar-refractivity contribution < 1.29 is 29.0 Å². The Bertz CT molecular complexity index is 363. The zero-order valence-corrected chi connectivity index (χ0v) is 11.4. The van der Waals surface area contributed by atoms with Gasteiger partial charge in [0.25, 0.3) is 0 Å². The van der Waals surface area contributed by atoms with Gasteiger partial charge in [-0.3, -0.25) is 9.59 Å². The number of hydrogen-bond acceptors (Lipinski definition) is 5. The maximum absolute atomic E-state index is 11.8. The number of carbonyl (C=O) groups excluding carboxylic acids is 2. The molecular weight excluding hydrogens is 270 g/mol. The molecule has 9 nitrogen and oxygen atoms in total. The number of nitrogens with zero attached hydrogens (tertiary/aromatic N) is 1. The molecule has 0 aromatic carbocycles. The van der Waals surface area contributed by atoms with E-state index in [2.05, 4.69) is 10.6 Å². The van der Waals surface area contributed by atoms with E-state index < -0.39 is 24.5 Å². The Labute approximate surface area is 116 Å². The van der Waals surface area contributed by atoms with Gasteiger partial charge in [-0.1, -0.05) is 0 Å². The molecular formula is C11H19N3O6. The van der Waals surface area contributed by atoms with Crippen molar-refractivity contribution in [1.29, 1.82) is 0 Å². The highest BCUT2D eigenvalue weighted by molar-refractivity contribution is 5.86. The van der Waals surface area contributed by atoms with Gasteiger partial charge in [0.2, 0.25) is 5.91 Å². The highest BCUT2D eigenvalue weighted by atomic mass is 16.5. The molecule has 1 rings (SSSR count). The van der Waals surface area contributed by atoms with Crippen molar-refractivity contribution in [2.75, 3.05) is 40.4 Å². The van der Waals surface area contributed by atoms with E-state index in [0.717, 1.165) is 0 Å². The summed E-state index contributed by atoms with van der Waals surface area (Å²) in [5, 5.41) is 12.9. The number of carboxylic acids is 1. The average Bonchev–Trinajstić information content (AvgIpc) is 2.85. The van der Waals surface area contributed by atoms with Crippen molar-refractivity contribution in [1.82, 2.24) is 15.5 Å². The van der Waals surface area contributed by atoms with Gasteiger partial charge in [0, 0.05) is 14.2 Å². The lowest BCUT2D eigenvalue weighted by atomic mass is 10.3. The normalized spacial score (nSPS) is 21.6. The summed E-state index contributed by atoms with van der Waals surface area (Å²) >= 11 is 0. The number of hydrogen-bond donors (Lipinski definition) is 3. The number of methoxy groups -OCH3 is 2. The predicted molar refractivity (Wildman–Crippen MR) is 67.2 cm³/mol. The second-order valence-electron chi connectivity index (χ2n) is 4.28. The van der Waals surface area contributed by atoms with Crippen LogP contribution in [-0.4, -0.2) is 80.5 Å². The summed E-state index contributed by atoms with van der Waals surface area (Å²) in [4.78, 5) is 34.8. The number of nitrogens with one attached hydrogen (secondary N) is 2. The van der Waals surface area contributed by atoms with Crippen molar-refractivity contribution in [2.45, 2.75) is 12.2 Å². The van der Waals surface area contributed by atoms with E-state index in [1.54, 1.807) is 0 Å². The molecule has 2 unspecified atom stereocenters. The first-order valence-corrected chi connectivity index (χ1v) is 6.04. The van der Waals surface area contributed by atoms with E-state index in [0.29, 0.717) is 13.1 Å². The van der Waals surface area contributed by atoms with E-state index in [4.69, 9.17) is 14.6 Å². The van der Waals surface area contributed by atoms with E-state index in [9.17, 15) is 14.4 Å². The van der Waals surface area contributed by atoms with Crippen molar-refractivity contribution in [3.8, 4) is 0 Å². The third kappa shape index (κ3) is 4.67. The first-order chi connectivity index (χ1) is 9.47. The Morgan fingerprint density at radius 2 is 1.65 bits per heavy atom. The lowest BCUT2D eigenvalue weighted by molar-refractivity contribution is -0.137. The summed E-state index contributed by atoms with van der Waals surface area (Å²) in [7, 11) is 3.08. The molecule has 0 aliphatic carbocycles. The molecule has 1 aliphatic heterocycles. The summed E-state index contributed by atoms with van der Waals surface area (Å²) in [5.41, 5.74) is 0. The minimum atomic E-state index is -1.14. The molecule has 0 bridgehead atoms. The summed E-state index contributed by atoms with van der Waals surface area (Å²) in [5.74, 6) is -1.71. The second-order valence-corrected chi connectivity index (χ2v) is 4.28. The zero-order chi connectivity index (χ0) is 15.1. The first kappa shape index (κ1) is 16.2. The van der Waals surface area contributed by atoms with Crippen LogP contribution in [0.2, 0.25) is 0 Å². The predicted octanol–water partition coefficient (Wildman–Crippen LogP) is -1.76. The second kappa shape index (κ2) is 7.65. The number of ether oxygens (including phenoxy) is 2. The fraction of sp³-hybridized carbons (Fsp3) is 0.727. The van der Waals surface area contributed by atoms with Crippen LogP contribution in [0.25, 0.3) is 0 Å². The Kier molecular flexibility index (Phi) is 6.19. The number of aliphatic carboxylic acids is 1. The van der Waals surface area contributed by atoms with Gasteiger partial charge in [-0.2, -0.15) is 0 Å². The Morgan fingerprint density at radius 3 is 2.10 bits per heavy atom. The molecule has 114 valence electrons. The van der Waals surface area contributed by atoms with E-state index in [-0.39, 0.29) is 18.8 Å². The van der Waals surface area contributed by atoms with Crippen molar-refractivity contribution in [3.63, 3.8) is 0 Å². The van der Waals surface area contributed by atoms with Crippen molar-refractivity contribution in [2.24, 2.45) is 0 Å². The van der Waals surface area contributed by atoms with Crippen LogP contribution in [0.5, 0.6) is 0 Å². The number of carboxylic acid groups (broad SMARTS) is 1. The summed E-state index contributed by atoms with van der Waals surface area (Å²) in [6.45, 7) is -0.0109. The Morgan fingerprint density at radius 1 is 1.10 bits per heavy atom. The quantitative estimate of drug-likeness (QED) is 0.533. The minimum Gasteiger partial charge on any atom is -0.480 e. The van der Waals surface area contributed by atoms with E-state index >= 15 is 0 Å². The number of urea groups is 1. The number of carbonyl (C=O) groups is 3. The van der Waals surface area contributed by atoms with Gasteiger partial charge in [0.05, 0.1) is 19.6 Å². The van der Waals surface area contributed by atoms with Crippen LogP contribution >= 0.6 is 0 Å². The van der Waals surface area contributed by atoms with Crippen LogP contribution in [0.15, 0.2) is 0 Å². The van der Waals surface area contributed by atoms with Crippen LogP contribution < -0.4 is 10.6 Å². The van der Waals surface area contributed by atoms with Gasteiger partial charge in [-0.25, -0.2) is 4.79 Å². The van der Waals surface area contributed by atoms with Crippen LogP contribution in [-0.2, 0) is 19.1 Å². The highest BCUT2D eigenvalue weighted by Crippen LogP contribution is 2.15. The van der Waals surface area contributed by atoms with Gasteiger partial charge in [0.15, 0.2) is 0 Å². The summed E-state index contributed by atoms with van der Waals surface area (Å²) in [6.07, 6.45) is -0.404. The van der Waals surface area contributed by atoms with Crippen molar-refractivity contribution >= 4 is 17.9 Å². The maximum atomic E-state index is 11.8. The standard InChI is InChI=1S/C11H19N3O6/c1-19-7-5-14(6-8(7)20-2)11(18)13-3-9(15)12-4-10(16)17/h7-8H,3-6H2,1-2H3,(H,12,15)(H,13,18)(H,16,17). The van der Waals surface area contributed by atoms with Gasteiger partial charge in [-0.15, -0.1) is 0 Å². The molecule has 0 radical (unpaired) electrons. The third-order valence-electron chi connectivity index (χ3n) is 2.95. The highest BCUT2D eigenvalue weighted by Gasteiger charge is 2.35. The Hall–Kier alpha value is -1.87. The molecule has 0 saturated carbocycles. The first-order valence-electron chi connectivity index (χ1n) is 6.04. The van der Waals surface area contributed by atoms with E-state index in [1.807, 2.05) is 0 Å². The van der Waals surface area contributed by atoms with Crippen LogP contribution in [0, 0.1) is 0 Å². The molecule has 1 fully saturated rings. The lowest BCUT2D eigenvalue weighted by Crippen LogP contribution is -2.44. The molecule has 0 aromatic heterocycles. The van der Waals surface area contributed by atoms with Gasteiger partial charge in [-0.05, 0) is 0 Å². The molecule has 1 aliphatic rings. The van der Waals surface area contributed by atoms with Crippen LogP contribution in [0.1, 0.15) is 0 Å². The number of amides is 3. The third-order valence-corrected chi connectivity index (χ3v) is 2.95. The largest absolute Gasteiger partial charge is 0.480 e. The SMILES string of the molecule is COC1CN(C(=O)NCC(=O)NCC(=O)O)CC1OC. The maximum Gasteiger partial charge on any atom is 0.322 e.